The highest BCUT2D eigenvalue weighted by Gasteiger charge is 2.34. The summed E-state index contributed by atoms with van der Waals surface area (Å²) in [5, 5.41) is 11.7. The largest absolute Gasteiger partial charge is 0.366 e. The van der Waals surface area contributed by atoms with E-state index in [2.05, 4.69) is 10.5 Å². The Morgan fingerprint density at radius 2 is 1.67 bits per heavy atom. The van der Waals surface area contributed by atoms with Gasteiger partial charge < -0.3 is 0 Å². The van der Waals surface area contributed by atoms with Gasteiger partial charge in [-0.3, -0.25) is 20.2 Å². The van der Waals surface area contributed by atoms with Gasteiger partial charge in [-0.15, -0.1) is 4.68 Å². The van der Waals surface area contributed by atoms with Crippen molar-refractivity contribution in [2.75, 3.05) is 5.43 Å². The lowest BCUT2D eigenvalue weighted by Crippen LogP contribution is -2.46. The van der Waals surface area contributed by atoms with Crippen LogP contribution in [-0.2, 0) is 22.6 Å². The molecule has 0 fully saturated rings. The summed E-state index contributed by atoms with van der Waals surface area (Å²) in [6.07, 6.45) is 2.03. The molecule has 0 bridgehead atoms. The zero-order valence-corrected chi connectivity index (χ0v) is 19.7. The van der Waals surface area contributed by atoms with Crippen molar-refractivity contribution in [2.24, 2.45) is 23.7 Å². The van der Waals surface area contributed by atoms with E-state index in [-0.39, 0.29) is 11.8 Å². The summed E-state index contributed by atoms with van der Waals surface area (Å²) >= 11 is 0. The van der Waals surface area contributed by atoms with E-state index in [0.29, 0.717) is 36.9 Å². The van der Waals surface area contributed by atoms with E-state index in [4.69, 9.17) is 0 Å². The Balaban J connectivity index is 2.24. The molecule has 10 nitrogen and oxygen atoms in total. The molecule has 1 aromatic heterocycles. The normalized spacial score (nSPS) is 13.2. The van der Waals surface area contributed by atoms with E-state index < -0.39 is 35.0 Å². The molecular weight excluding hydrogens is 426 g/mol. The number of aromatic nitrogens is 3. The van der Waals surface area contributed by atoms with Gasteiger partial charge in [0.1, 0.15) is 0 Å². The first kappa shape index (κ1) is 26.1. The first-order valence-electron chi connectivity index (χ1n) is 11.3. The molecule has 4 N–H and O–H groups in total. The SMILES string of the molecule is CC(C)CC(C(=O)Nn1c(=O)[nH]n(CC(C)C)c1=O)[C@@H](CCCc1ccccc1)C(=O)NO. The lowest BCUT2D eigenvalue weighted by Gasteiger charge is -2.26. The van der Waals surface area contributed by atoms with Crippen molar-refractivity contribution in [3.8, 4) is 0 Å². The third kappa shape index (κ3) is 7.45. The smallest absolute Gasteiger partial charge is 0.289 e. The number of benzene rings is 1. The van der Waals surface area contributed by atoms with E-state index >= 15 is 0 Å². The molecule has 0 spiro atoms. The van der Waals surface area contributed by atoms with Crippen LogP contribution < -0.4 is 22.3 Å². The van der Waals surface area contributed by atoms with Gasteiger partial charge in [0.2, 0.25) is 11.8 Å². The second kappa shape index (κ2) is 12.2. The summed E-state index contributed by atoms with van der Waals surface area (Å²) in [5.41, 5.74) is 3.72. The fourth-order valence-corrected chi connectivity index (χ4v) is 3.93. The minimum atomic E-state index is -0.840. The van der Waals surface area contributed by atoms with Crippen LogP contribution >= 0.6 is 0 Å². The van der Waals surface area contributed by atoms with Crippen LogP contribution in [0.15, 0.2) is 39.9 Å². The summed E-state index contributed by atoms with van der Waals surface area (Å²) < 4.78 is 1.78. The molecule has 1 heterocycles. The van der Waals surface area contributed by atoms with E-state index in [1.165, 1.54) is 0 Å². The van der Waals surface area contributed by atoms with Gasteiger partial charge in [-0.1, -0.05) is 58.0 Å². The summed E-state index contributed by atoms with van der Waals surface area (Å²) in [6.45, 7) is 7.91. The maximum atomic E-state index is 13.2. The molecule has 33 heavy (non-hydrogen) atoms. The lowest BCUT2D eigenvalue weighted by atomic mass is 9.81. The van der Waals surface area contributed by atoms with Crippen LogP contribution in [0.5, 0.6) is 0 Å². The summed E-state index contributed by atoms with van der Waals surface area (Å²) in [7, 11) is 0. The van der Waals surface area contributed by atoms with E-state index in [0.717, 1.165) is 10.2 Å². The fraction of sp³-hybridized carbons (Fsp3) is 0.565. The van der Waals surface area contributed by atoms with Gasteiger partial charge in [0.15, 0.2) is 0 Å². The number of H-pyrrole nitrogens is 1. The lowest BCUT2D eigenvalue weighted by molar-refractivity contribution is -0.139. The molecule has 2 rings (SSSR count). The highest BCUT2D eigenvalue weighted by atomic mass is 16.5. The number of amides is 2. The molecule has 0 radical (unpaired) electrons. The quantitative estimate of drug-likeness (QED) is 0.282. The van der Waals surface area contributed by atoms with Crippen molar-refractivity contribution in [2.45, 2.75) is 59.9 Å². The third-order valence-corrected chi connectivity index (χ3v) is 5.44. The molecule has 0 aliphatic heterocycles. The maximum absolute atomic E-state index is 13.2. The molecule has 2 amide bonds. The number of nitrogens with one attached hydrogen (secondary N) is 3. The third-order valence-electron chi connectivity index (χ3n) is 5.44. The fourth-order valence-electron chi connectivity index (χ4n) is 3.93. The van der Waals surface area contributed by atoms with Gasteiger partial charge in [0.05, 0.1) is 11.8 Å². The number of aromatic amines is 1. The summed E-state index contributed by atoms with van der Waals surface area (Å²) in [5.74, 6) is -2.78. The van der Waals surface area contributed by atoms with Crippen molar-refractivity contribution >= 4 is 11.8 Å². The average molecular weight is 462 g/mol. The number of carbonyl (C=O) groups excluding carboxylic acids is 2. The van der Waals surface area contributed by atoms with Crippen LogP contribution in [0.25, 0.3) is 0 Å². The van der Waals surface area contributed by atoms with Crippen molar-refractivity contribution in [3.63, 3.8) is 0 Å². The molecule has 2 atom stereocenters. The average Bonchev–Trinajstić information content (AvgIpc) is 3.02. The second-order valence-electron chi connectivity index (χ2n) is 9.21. The van der Waals surface area contributed by atoms with Gasteiger partial charge in [-0.2, -0.15) is 0 Å². The predicted octanol–water partition coefficient (Wildman–Crippen LogP) is 1.87. The number of hydroxylamine groups is 1. The van der Waals surface area contributed by atoms with Crippen molar-refractivity contribution in [1.82, 2.24) is 19.9 Å². The van der Waals surface area contributed by atoms with Crippen LogP contribution in [-0.4, -0.2) is 31.5 Å². The molecule has 2 aromatic rings. The van der Waals surface area contributed by atoms with Crippen LogP contribution in [0.4, 0.5) is 0 Å². The van der Waals surface area contributed by atoms with Gasteiger partial charge in [-0.25, -0.2) is 24.8 Å². The second-order valence-corrected chi connectivity index (χ2v) is 9.21. The van der Waals surface area contributed by atoms with E-state index in [1.54, 1.807) is 5.48 Å². The monoisotopic (exact) mass is 461 g/mol. The zero-order valence-electron chi connectivity index (χ0n) is 19.7. The molecule has 1 aromatic carbocycles. The standard InChI is InChI=1S/C23H35N5O5/c1-15(2)13-19(18(21(30)26-33)12-8-11-17-9-6-5-7-10-17)20(29)24-28-22(31)25-27(23(28)32)14-16(3)4/h5-7,9-10,15-16,18-19,33H,8,11-14H2,1-4H3,(H,24,29)(H,25,31)(H,26,30)/t18-,19?/m1/s1. The molecule has 1 unspecified atom stereocenters. The Morgan fingerprint density at radius 1 is 1.00 bits per heavy atom. The Morgan fingerprint density at radius 3 is 2.24 bits per heavy atom. The summed E-state index contributed by atoms with van der Waals surface area (Å²) in [6, 6.07) is 9.76. The Bertz CT molecular complexity index is 1020. The van der Waals surface area contributed by atoms with Crippen LogP contribution in [0.2, 0.25) is 0 Å². The van der Waals surface area contributed by atoms with Gasteiger partial charge in [0, 0.05) is 6.54 Å². The highest BCUT2D eigenvalue weighted by Crippen LogP contribution is 2.26. The number of rotatable bonds is 12. The summed E-state index contributed by atoms with van der Waals surface area (Å²) in [4.78, 5) is 50.5. The van der Waals surface area contributed by atoms with Crippen molar-refractivity contribution in [1.29, 1.82) is 0 Å². The van der Waals surface area contributed by atoms with E-state index in [9.17, 15) is 24.4 Å². The molecule has 0 saturated carbocycles. The van der Waals surface area contributed by atoms with Crippen LogP contribution in [0.3, 0.4) is 0 Å². The molecule has 0 aliphatic carbocycles. The zero-order chi connectivity index (χ0) is 24.5. The Hall–Kier alpha value is -3.14. The minimum absolute atomic E-state index is 0.0596. The number of hydrogen-bond acceptors (Lipinski definition) is 5. The highest BCUT2D eigenvalue weighted by molar-refractivity contribution is 5.91. The van der Waals surface area contributed by atoms with Gasteiger partial charge in [0.25, 0.3) is 0 Å². The Kier molecular flexibility index (Phi) is 9.65. The van der Waals surface area contributed by atoms with Crippen LogP contribution in [0.1, 0.15) is 52.5 Å². The molecule has 0 aliphatic rings. The van der Waals surface area contributed by atoms with Gasteiger partial charge >= 0.3 is 11.4 Å². The molecule has 182 valence electrons. The van der Waals surface area contributed by atoms with Crippen molar-refractivity contribution in [3.05, 3.63) is 56.9 Å². The predicted molar refractivity (Wildman–Crippen MR) is 124 cm³/mol. The number of hydrogen-bond donors (Lipinski definition) is 4. The van der Waals surface area contributed by atoms with E-state index in [1.807, 2.05) is 58.0 Å². The Labute approximate surface area is 192 Å². The number of carbonyl (C=O) groups is 2. The molecular formula is C23H35N5O5. The first-order valence-corrected chi connectivity index (χ1v) is 11.3. The number of nitrogens with zero attached hydrogens (tertiary/aromatic N) is 2. The topological polar surface area (TPSA) is 138 Å². The first-order chi connectivity index (χ1) is 15.6. The molecule has 10 heteroatoms. The maximum Gasteiger partial charge on any atom is 0.366 e. The van der Waals surface area contributed by atoms with Crippen molar-refractivity contribution < 1.29 is 14.8 Å². The van der Waals surface area contributed by atoms with Gasteiger partial charge in [-0.05, 0) is 43.1 Å². The van der Waals surface area contributed by atoms with Crippen LogP contribution in [0, 0.1) is 23.7 Å². The minimum Gasteiger partial charge on any atom is -0.289 e. The number of aryl methyl sites for hydroxylation is 1. The molecule has 0 saturated heterocycles.